The first kappa shape index (κ1) is 18.3. The summed E-state index contributed by atoms with van der Waals surface area (Å²) in [6.07, 6.45) is 0. The topological polar surface area (TPSA) is 0 Å². The van der Waals surface area contributed by atoms with E-state index in [1.165, 1.54) is 38.9 Å². The van der Waals surface area contributed by atoms with E-state index in [-0.39, 0.29) is 5.41 Å². The molecule has 0 N–H and O–H groups in total. The highest BCUT2D eigenvalue weighted by molar-refractivity contribution is 5.86. The van der Waals surface area contributed by atoms with Gasteiger partial charge in [0.15, 0.2) is 0 Å². The summed E-state index contributed by atoms with van der Waals surface area (Å²) in [6, 6.07) is 36.9. The Kier molecular flexibility index (Phi) is 4.88. The highest BCUT2D eigenvalue weighted by Gasteiger charge is 2.24. The summed E-state index contributed by atoms with van der Waals surface area (Å²) in [5.41, 5.74) is 9.07. The number of benzene rings is 4. The maximum atomic E-state index is 2.36. The summed E-state index contributed by atoms with van der Waals surface area (Å²) < 4.78 is 0. The Balaban J connectivity index is 2.08. The minimum absolute atomic E-state index is 0.0194. The van der Waals surface area contributed by atoms with Crippen molar-refractivity contribution in [2.24, 2.45) is 0 Å². The van der Waals surface area contributed by atoms with Crippen LogP contribution in [0.1, 0.15) is 26.3 Å². The van der Waals surface area contributed by atoms with E-state index < -0.39 is 0 Å². The second kappa shape index (κ2) is 7.48. The molecule has 0 saturated heterocycles. The highest BCUT2D eigenvalue weighted by atomic mass is 14.3. The molecule has 0 atom stereocenters. The monoisotopic (exact) mass is 362 g/mol. The average Bonchev–Trinajstić information content (AvgIpc) is 2.74. The normalized spacial score (nSPS) is 11.4. The number of hydrogen-bond donors (Lipinski definition) is 0. The average molecular weight is 363 g/mol. The third-order valence-electron chi connectivity index (χ3n) is 5.17. The van der Waals surface area contributed by atoms with E-state index in [0.717, 1.165) is 0 Å². The van der Waals surface area contributed by atoms with Gasteiger partial charge >= 0.3 is 0 Å². The highest BCUT2D eigenvalue weighted by Crippen LogP contribution is 2.43. The van der Waals surface area contributed by atoms with Gasteiger partial charge in [-0.2, -0.15) is 0 Å². The van der Waals surface area contributed by atoms with Gasteiger partial charge in [0.05, 0.1) is 0 Å². The zero-order valence-electron chi connectivity index (χ0n) is 16.8. The van der Waals surface area contributed by atoms with Crippen LogP contribution in [0.3, 0.4) is 0 Å². The van der Waals surface area contributed by atoms with Crippen LogP contribution >= 0.6 is 0 Å². The maximum absolute atomic E-state index is 2.36. The predicted octanol–water partition coefficient (Wildman–Crippen LogP) is 7.99. The van der Waals surface area contributed by atoms with Crippen LogP contribution < -0.4 is 0 Å². The van der Waals surface area contributed by atoms with Crippen LogP contribution in [0.5, 0.6) is 0 Å². The van der Waals surface area contributed by atoms with E-state index in [1.54, 1.807) is 0 Å². The van der Waals surface area contributed by atoms with Crippen LogP contribution in [-0.2, 0) is 5.41 Å². The van der Waals surface area contributed by atoms with E-state index >= 15 is 0 Å². The predicted molar refractivity (Wildman–Crippen MR) is 121 cm³/mol. The fraction of sp³-hybridized carbons (Fsp3) is 0.143. The van der Waals surface area contributed by atoms with Gasteiger partial charge in [-0.25, -0.2) is 0 Å². The third kappa shape index (κ3) is 3.64. The zero-order valence-corrected chi connectivity index (χ0v) is 16.8. The van der Waals surface area contributed by atoms with E-state index in [0.29, 0.717) is 0 Å². The van der Waals surface area contributed by atoms with Crippen molar-refractivity contribution in [3.8, 4) is 33.4 Å². The van der Waals surface area contributed by atoms with Gasteiger partial charge in [-0.1, -0.05) is 112 Å². The van der Waals surface area contributed by atoms with E-state index in [2.05, 4.69) is 124 Å². The Morgan fingerprint density at radius 3 is 1.14 bits per heavy atom. The van der Waals surface area contributed by atoms with Crippen molar-refractivity contribution in [2.45, 2.75) is 26.2 Å². The van der Waals surface area contributed by atoms with Crippen molar-refractivity contribution in [1.29, 1.82) is 0 Å². The van der Waals surface area contributed by atoms with Gasteiger partial charge in [-0.3, -0.25) is 0 Å². The lowest BCUT2D eigenvalue weighted by Crippen LogP contribution is -2.15. The fourth-order valence-electron chi connectivity index (χ4n) is 3.94. The van der Waals surface area contributed by atoms with Crippen LogP contribution in [0.4, 0.5) is 0 Å². The molecule has 0 aliphatic carbocycles. The molecule has 0 unspecified atom stereocenters. The molecule has 0 aliphatic rings. The Hall–Kier alpha value is -3.12. The smallest absolute Gasteiger partial charge is 0.0120 e. The Morgan fingerprint density at radius 2 is 0.786 bits per heavy atom. The molecule has 0 heterocycles. The molecular weight excluding hydrogens is 336 g/mol. The molecule has 0 bridgehead atoms. The zero-order chi connectivity index (χ0) is 19.6. The van der Waals surface area contributed by atoms with Gasteiger partial charge in [0.1, 0.15) is 0 Å². The molecule has 4 aromatic carbocycles. The largest absolute Gasteiger partial charge is 0.0622 e. The van der Waals surface area contributed by atoms with Gasteiger partial charge in [0, 0.05) is 0 Å². The molecule has 0 saturated carbocycles. The summed E-state index contributed by atoms with van der Waals surface area (Å²) in [4.78, 5) is 0. The van der Waals surface area contributed by atoms with Crippen LogP contribution in [0.25, 0.3) is 33.4 Å². The molecule has 0 amide bonds. The molecule has 0 spiro atoms. The molecule has 4 rings (SSSR count). The summed E-state index contributed by atoms with van der Waals surface area (Å²) >= 11 is 0. The molecule has 138 valence electrons. The second-order valence-corrected chi connectivity index (χ2v) is 8.29. The molecule has 0 nitrogen and oxygen atoms in total. The molecule has 0 fully saturated rings. The summed E-state index contributed by atoms with van der Waals surface area (Å²) in [5, 5.41) is 0. The Morgan fingerprint density at radius 1 is 0.429 bits per heavy atom. The van der Waals surface area contributed by atoms with Crippen molar-refractivity contribution in [2.75, 3.05) is 0 Å². The lowest BCUT2D eigenvalue weighted by atomic mass is 9.76. The molecule has 0 heteroatoms. The van der Waals surface area contributed by atoms with E-state index in [1.807, 2.05) is 0 Å². The lowest BCUT2D eigenvalue weighted by Gasteiger charge is -2.28. The molecular formula is C28H26. The standard InChI is InChI=1S/C28H26/c1-28(2,3)27-25(22-15-9-5-10-16-22)19-24(21-13-7-4-8-14-21)20-26(27)23-17-11-6-12-18-23/h4-20H,1-3H3. The number of rotatable bonds is 3. The van der Waals surface area contributed by atoms with Gasteiger partial charge in [0.25, 0.3) is 0 Å². The van der Waals surface area contributed by atoms with Crippen LogP contribution in [0, 0.1) is 0 Å². The second-order valence-electron chi connectivity index (χ2n) is 8.29. The maximum Gasteiger partial charge on any atom is -0.0120 e. The lowest BCUT2D eigenvalue weighted by molar-refractivity contribution is 0.594. The first-order valence-electron chi connectivity index (χ1n) is 9.89. The first-order chi connectivity index (χ1) is 13.5. The summed E-state index contributed by atoms with van der Waals surface area (Å²) in [5.74, 6) is 0. The Bertz CT molecular complexity index is 993. The van der Waals surface area contributed by atoms with Crippen molar-refractivity contribution in [3.05, 3.63) is 109 Å². The van der Waals surface area contributed by atoms with Gasteiger partial charge < -0.3 is 0 Å². The van der Waals surface area contributed by atoms with Gasteiger partial charge in [0.2, 0.25) is 0 Å². The van der Waals surface area contributed by atoms with Crippen molar-refractivity contribution < 1.29 is 0 Å². The SMILES string of the molecule is CC(C)(C)c1c(-c2ccccc2)cc(-c2ccccc2)cc1-c1ccccc1. The van der Waals surface area contributed by atoms with Crippen molar-refractivity contribution in [1.82, 2.24) is 0 Å². The third-order valence-corrected chi connectivity index (χ3v) is 5.17. The quantitative estimate of drug-likeness (QED) is 0.346. The Labute approximate surface area is 168 Å². The molecule has 28 heavy (non-hydrogen) atoms. The minimum atomic E-state index is 0.0194. The van der Waals surface area contributed by atoms with Gasteiger partial charge in [-0.15, -0.1) is 0 Å². The molecule has 0 aliphatic heterocycles. The van der Waals surface area contributed by atoms with Gasteiger partial charge in [-0.05, 0) is 56.5 Å². The molecule has 0 aromatic heterocycles. The van der Waals surface area contributed by atoms with Crippen molar-refractivity contribution in [3.63, 3.8) is 0 Å². The number of hydrogen-bond acceptors (Lipinski definition) is 0. The fourth-order valence-corrected chi connectivity index (χ4v) is 3.94. The minimum Gasteiger partial charge on any atom is -0.0622 e. The van der Waals surface area contributed by atoms with Crippen LogP contribution in [-0.4, -0.2) is 0 Å². The van der Waals surface area contributed by atoms with Crippen LogP contribution in [0.15, 0.2) is 103 Å². The first-order valence-corrected chi connectivity index (χ1v) is 9.89. The molecule has 4 aromatic rings. The summed E-state index contributed by atoms with van der Waals surface area (Å²) in [6.45, 7) is 6.93. The van der Waals surface area contributed by atoms with E-state index in [4.69, 9.17) is 0 Å². The summed E-state index contributed by atoms with van der Waals surface area (Å²) in [7, 11) is 0. The molecule has 0 radical (unpaired) electrons. The van der Waals surface area contributed by atoms with E-state index in [9.17, 15) is 0 Å². The van der Waals surface area contributed by atoms with Crippen LogP contribution in [0.2, 0.25) is 0 Å². The van der Waals surface area contributed by atoms with Crippen molar-refractivity contribution >= 4 is 0 Å².